The second kappa shape index (κ2) is 8.21. The highest BCUT2D eigenvalue weighted by atomic mass is 15.4. The molecule has 1 aromatic rings. The van der Waals surface area contributed by atoms with Gasteiger partial charge >= 0.3 is 0 Å². The first-order valence-electron chi connectivity index (χ1n) is 7.14. The maximum atomic E-state index is 3.48. The largest absolute Gasteiger partial charge is 0.326 e. The molecule has 0 amide bonds. The van der Waals surface area contributed by atoms with Crippen molar-refractivity contribution in [2.45, 2.75) is 65.7 Å². The van der Waals surface area contributed by atoms with Crippen LogP contribution in [0.25, 0.3) is 0 Å². The van der Waals surface area contributed by atoms with Gasteiger partial charge in [-0.2, -0.15) is 0 Å². The van der Waals surface area contributed by atoms with Crippen LogP contribution in [0.2, 0.25) is 0 Å². The number of hydrogen-bond acceptors (Lipinski definition) is 1. The molecule has 0 saturated heterocycles. The average molecular weight is 236 g/mol. The van der Waals surface area contributed by atoms with E-state index in [1.807, 2.05) is 0 Å². The van der Waals surface area contributed by atoms with Crippen LogP contribution >= 0.6 is 0 Å². The number of unbranched alkanes of at least 4 members (excludes halogenated alkanes) is 6. The molecule has 1 N–H and O–H groups in total. The topological polar surface area (TPSA) is 17.0 Å². The van der Waals surface area contributed by atoms with E-state index in [4.69, 9.17) is 0 Å². The molecular weight excluding hydrogens is 208 g/mol. The molecular formula is C15H28N2. The van der Waals surface area contributed by atoms with Crippen LogP contribution in [-0.4, -0.2) is 11.2 Å². The minimum absolute atomic E-state index is 1.09. The van der Waals surface area contributed by atoms with Gasteiger partial charge in [0.25, 0.3) is 0 Å². The van der Waals surface area contributed by atoms with Crippen molar-refractivity contribution in [3.8, 4) is 0 Å². The van der Waals surface area contributed by atoms with Crippen LogP contribution in [0.5, 0.6) is 0 Å². The Morgan fingerprint density at radius 2 is 1.41 bits per heavy atom. The van der Waals surface area contributed by atoms with Crippen molar-refractivity contribution in [1.82, 2.24) is 4.68 Å². The van der Waals surface area contributed by atoms with E-state index in [1.54, 1.807) is 0 Å². The lowest BCUT2D eigenvalue weighted by Crippen LogP contribution is -2.18. The molecule has 0 aromatic carbocycles. The van der Waals surface area contributed by atoms with E-state index in [0.717, 1.165) is 6.54 Å². The Hall–Kier alpha value is -0.920. The quantitative estimate of drug-likeness (QED) is 0.629. The number of hydrogen-bond donors (Lipinski definition) is 1. The zero-order valence-corrected chi connectivity index (χ0v) is 11.8. The maximum absolute atomic E-state index is 3.48. The molecule has 17 heavy (non-hydrogen) atoms. The van der Waals surface area contributed by atoms with Gasteiger partial charge in [0.15, 0.2) is 0 Å². The van der Waals surface area contributed by atoms with Crippen LogP contribution in [-0.2, 0) is 0 Å². The fraction of sp³-hybridized carbons (Fsp3) is 0.733. The van der Waals surface area contributed by atoms with Gasteiger partial charge in [-0.1, -0.05) is 45.4 Å². The van der Waals surface area contributed by atoms with Crippen LogP contribution < -0.4 is 5.43 Å². The van der Waals surface area contributed by atoms with Crippen LogP contribution in [0.15, 0.2) is 12.1 Å². The van der Waals surface area contributed by atoms with Crippen molar-refractivity contribution in [1.29, 1.82) is 0 Å². The fourth-order valence-corrected chi connectivity index (χ4v) is 2.19. The lowest BCUT2D eigenvalue weighted by molar-refractivity contribution is 0.588. The maximum Gasteiger partial charge on any atom is 0.0366 e. The van der Waals surface area contributed by atoms with Crippen LogP contribution in [0.4, 0.5) is 0 Å². The zero-order valence-electron chi connectivity index (χ0n) is 11.8. The van der Waals surface area contributed by atoms with E-state index in [9.17, 15) is 0 Å². The van der Waals surface area contributed by atoms with Gasteiger partial charge in [0.2, 0.25) is 0 Å². The number of rotatable bonds is 9. The third-order valence-corrected chi connectivity index (χ3v) is 3.32. The molecule has 0 aliphatic rings. The third-order valence-electron chi connectivity index (χ3n) is 3.32. The van der Waals surface area contributed by atoms with Gasteiger partial charge < -0.3 is 5.43 Å². The molecule has 1 heterocycles. The summed E-state index contributed by atoms with van der Waals surface area (Å²) in [6, 6.07) is 4.32. The Morgan fingerprint density at radius 1 is 0.882 bits per heavy atom. The van der Waals surface area contributed by atoms with Gasteiger partial charge in [0.05, 0.1) is 0 Å². The average Bonchev–Trinajstić information content (AvgIpc) is 2.63. The predicted octanol–water partition coefficient (Wildman–Crippen LogP) is 4.40. The standard InChI is InChI=1S/C15H28N2/c1-4-5-6-7-8-9-10-13-16-17-14(2)11-12-15(17)3/h11-12,16H,4-10,13H2,1-3H3. The molecule has 1 aromatic heterocycles. The Morgan fingerprint density at radius 3 is 2.00 bits per heavy atom. The van der Waals surface area contributed by atoms with E-state index < -0.39 is 0 Å². The van der Waals surface area contributed by atoms with Gasteiger partial charge in [0, 0.05) is 17.9 Å². The van der Waals surface area contributed by atoms with Crippen molar-refractivity contribution in [2.75, 3.05) is 12.0 Å². The molecule has 2 nitrogen and oxygen atoms in total. The second-order valence-corrected chi connectivity index (χ2v) is 4.98. The number of aryl methyl sites for hydroxylation is 2. The van der Waals surface area contributed by atoms with Gasteiger partial charge in [-0.25, -0.2) is 0 Å². The molecule has 0 saturated carbocycles. The summed E-state index contributed by atoms with van der Waals surface area (Å²) in [6.07, 6.45) is 9.60. The Labute approximate surface area is 106 Å². The summed E-state index contributed by atoms with van der Waals surface area (Å²) in [4.78, 5) is 0. The number of nitrogens with zero attached hydrogens (tertiary/aromatic N) is 1. The van der Waals surface area contributed by atoms with Crippen molar-refractivity contribution in [3.63, 3.8) is 0 Å². The van der Waals surface area contributed by atoms with Crippen molar-refractivity contribution < 1.29 is 0 Å². The number of aromatic nitrogens is 1. The summed E-state index contributed by atoms with van der Waals surface area (Å²) in [6.45, 7) is 7.64. The first kappa shape index (κ1) is 14.1. The highest BCUT2D eigenvalue weighted by Crippen LogP contribution is 2.07. The minimum Gasteiger partial charge on any atom is -0.326 e. The zero-order chi connectivity index (χ0) is 12.5. The highest BCUT2D eigenvalue weighted by Gasteiger charge is 1.98. The predicted molar refractivity (Wildman–Crippen MR) is 76.1 cm³/mol. The van der Waals surface area contributed by atoms with Crippen molar-refractivity contribution in [3.05, 3.63) is 23.5 Å². The number of nitrogens with one attached hydrogen (secondary N) is 1. The van der Waals surface area contributed by atoms with Crippen molar-refractivity contribution in [2.24, 2.45) is 0 Å². The monoisotopic (exact) mass is 236 g/mol. The third kappa shape index (κ3) is 5.29. The molecule has 0 unspecified atom stereocenters. The Kier molecular flexibility index (Phi) is 6.83. The van der Waals surface area contributed by atoms with Crippen LogP contribution in [0.1, 0.15) is 63.3 Å². The van der Waals surface area contributed by atoms with E-state index in [-0.39, 0.29) is 0 Å². The Balaban J connectivity index is 2.01. The summed E-state index contributed by atoms with van der Waals surface area (Å²) in [5, 5.41) is 0. The molecule has 0 atom stereocenters. The summed E-state index contributed by atoms with van der Waals surface area (Å²) < 4.78 is 2.19. The van der Waals surface area contributed by atoms with E-state index in [1.165, 1.54) is 56.3 Å². The molecule has 1 rings (SSSR count). The molecule has 0 radical (unpaired) electrons. The van der Waals surface area contributed by atoms with Gasteiger partial charge in [-0.15, -0.1) is 0 Å². The minimum atomic E-state index is 1.09. The molecule has 0 spiro atoms. The van der Waals surface area contributed by atoms with Gasteiger partial charge in [-0.3, -0.25) is 4.68 Å². The van der Waals surface area contributed by atoms with E-state index >= 15 is 0 Å². The fourth-order valence-electron chi connectivity index (χ4n) is 2.19. The first-order chi connectivity index (χ1) is 8.25. The molecule has 2 heteroatoms. The van der Waals surface area contributed by atoms with Crippen LogP contribution in [0.3, 0.4) is 0 Å². The van der Waals surface area contributed by atoms with Crippen molar-refractivity contribution >= 4 is 0 Å². The first-order valence-corrected chi connectivity index (χ1v) is 7.14. The molecule has 98 valence electrons. The second-order valence-electron chi connectivity index (χ2n) is 4.98. The van der Waals surface area contributed by atoms with E-state index in [2.05, 4.69) is 43.0 Å². The summed E-state index contributed by atoms with van der Waals surface area (Å²) >= 11 is 0. The smallest absolute Gasteiger partial charge is 0.0366 e. The lowest BCUT2D eigenvalue weighted by atomic mass is 10.1. The SMILES string of the molecule is CCCCCCCCCNn1c(C)ccc1C. The molecule has 0 bridgehead atoms. The molecule has 0 aliphatic carbocycles. The van der Waals surface area contributed by atoms with Crippen LogP contribution in [0, 0.1) is 13.8 Å². The van der Waals surface area contributed by atoms with E-state index in [0.29, 0.717) is 0 Å². The normalized spacial score (nSPS) is 10.8. The van der Waals surface area contributed by atoms with Gasteiger partial charge in [-0.05, 0) is 32.4 Å². The lowest BCUT2D eigenvalue weighted by Gasteiger charge is -2.12. The molecule has 0 fully saturated rings. The van der Waals surface area contributed by atoms with Gasteiger partial charge in [0.1, 0.15) is 0 Å². The Bertz CT molecular complexity index is 282. The summed E-state index contributed by atoms with van der Waals surface area (Å²) in [5.41, 5.74) is 6.07. The highest BCUT2D eigenvalue weighted by molar-refractivity contribution is 5.15. The summed E-state index contributed by atoms with van der Waals surface area (Å²) in [5.74, 6) is 0. The molecule has 0 aliphatic heterocycles. The summed E-state index contributed by atoms with van der Waals surface area (Å²) in [7, 11) is 0.